The van der Waals surface area contributed by atoms with Crippen LogP contribution in [0.5, 0.6) is 0 Å². The summed E-state index contributed by atoms with van der Waals surface area (Å²) in [6.45, 7) is 11.8. The zero-order chi connectivity index (χ0) is 12.8. The average Bonchev–Trinajstić information content (AvgIpc) is 2.21. The summed E-state index contributed by atoms with van der Waals surface area (Å²) in [7, 11) is 1.43. The highest BCUT2D eigenvalue weighted by atomic mass is 16.5. The third kappa shape index (κ3) is 5.50. The monoisotopic (exact) mass is 230 g/mol. The average molecular weight is 230 g/mol. The topological polar surface area (TPSA) is 35.5 Å². The maximum absolute atomic E-state index is 11.6. The Hall–Kier alpha value is -0.570. The van der Waals surface area contributed by atoms with Crippen LogP contribution < -0.4 is 0 Å². The Labute approximate surface area is 99.5 Å². The van der Waals surface area contributed by atoms with E-state index in [1.165, 1.54) is 7.11 Å². The van der Waals surface area contributed by atoms with E-state index >= 15 is 0 Å². The minimum atomic E-state index is -0.162. The van der Waals surface area contributed by atoms with Crippen molar-refractivity contribution >= 4 is 5.97 Å². The lowest BCUT2D eigenvalue weighted by molar-refractivity contribution is -0.148. The highest BCUT2D eigenvalue weighted by Crippen LogP contribution is 2.31. The molecule has 16 heavy (non-hydrogen) atoms. The lowest BCUT2D eigenvalue weighted by atomic mass is 9.77. The first-order valence-corrected chi connectivity index (χ1v) is 5.98. The Morgan fingerprint density at radius 2 is 1.88 bits per heavy atom. The summed E-state index contributed by atoms with van der Waals surface area (Å²) in [5, 5.41) is 0. The van der Waals surface area contributed by atoms with Crippen LogP contribution >= 0.6 is 0 Å². The molecule has 0 spiro atoms. The summed E-state index contributed by atoms with van der Waals surface area (Å²) in [6, 6.07) is 0. The van der Waals surface area contributed by atoms with Crippen LogP contribution in [0.1, 0.15) is 41.0 Å². The zero-order valence-corrected chi connectivity index (χ0v) is 11.5. The van der Waals surface area contributed by atoms with E-state index in [4.69, 9.17) is 9.47 Å². The number of carbonyl (C=O) groups excluding carboxylic acids is 1. The Morgan fingerprint density at radius 3 is 2.25 bits per heavy atom. The molecule has 0 aromatic rings. The lowest BCUT2D eigenvalue weighted by Crippen LogP contribution is -2.28. The Bertz CT molecular complexity index is 206. The van der Waals surface area contributed by atoms with Gasteiger partial charge in [-0.1, -0.05) is 27.7 Å². The fourth-order valence-corrected chi connectivity index (χ4v) is 1.44. The number of ether oxygens (including phenoxy) is 2. The number of methoxy groups -OCH3 is 1. The van der Waals surface area contributed by atoms with Gasteiger partial charge in [0.1, 0.15) is 0 Å². The number of hydrogen-bond acceptors (Lipinski definition) is 3. The maximum Gasteiger partial charge on any atom is 0.311 e. The molecule has 0 N–H and O–H groups in total. The van der Waals surface area contributed by atoms with Gasteiger partial charge in [0.2, 0.25) is 0 Å². The second-order valence-electron chi connectivity index (χ2n) is 5.38. The second kappa shape index (κ2) is 6.89. The van der Waals surface area contributed by atoms with Crippen molar-refractivity contribution in [2.45, 2.75) is 41.0 Å². The molecule has 0 aliphatic rings. The SMILES string of the molecule is CCOCC(CC(C)C(C)(C)C)C(=O)OC. The minimum absolute atomic E-state index is 0.140. The first-order chi connectivity index (χ1) is 7.32. The van der Waals surface area contributed by atoms with E-state index in [0.717, 1.165) is 6.42 Å². The van der Waals surface area contributed by atoms with E-state index in [2.05, 4.69) is 27.7 Å². The Balaban J connectivity index is 4.36. The Morgan fingerprint density at radius 1 is 1.31 bits per heavy atom. The molecule has 0 amide bonds. The summed E-state index contributed by atoms with van der Waals surface area (Å²) in [6.07, 6.45) is 0.816. The molecule has 0 rings (SSSR count). The molecular weight excluding hydrogens is 204 g/mol. The van der Waals surface area contributed by atoms with Gasteiger partial charge >= 0.3 is 5.97 Å². The lowest BCUT2D eigenvalue weighted by Gasteiger charge is -2.29. The van der Waals surface area contributed by atoms with E-state index in [0.29, 0.717) is 19.1 Å². The van der Waals surface area contributed by atoms with Crippen LogP contribution in [0.2, 0.25) is 0 Å². The highest BCUT2D eigenvalue weighted by Gasteiger charge is 2.28. The van der Waals surface area contributed by atoms with Crippen LogP contribution in [-0.4, -0.2) is 26.3 Å². The van der Waals surface area contributed by atoms with E-state index in [-0.39, 0.29) is 17.3 Å². The molecule has 3 nitrogen and oxygen atoms in total. The summed E-state index contributed by atoms with van der Waals surface area (Å²) in [5.41, 5.74) is 0.207. The maximum atomic E-state index is 11.6. The summed E-state index contributed by atoms with van der Waals surface area (Å²) < 4.78 is 10.1. The molecule has 0 aromatic heterocycles. The van der Waals surface area contributed by atoms with Crippen molar-refractivity contribution in [2.75, 3.05) is 20.3 Å². The van der Waals surface area contributed by atoms with Gasteiger partial charge in [-0.05, 0) is 24.7 Å². The molecule has 0 aliphatic heterocycles. The van der Waals surface area contributed by atoms with Crippen molar-refractivity contribution in [1.29, 1.82) is 0 Å². The third-order valence-corrected chi connectivity index (χ3v) is 3.17. The molecule has 2 atom stereocenters. The molecule has 0 fully saturated rings. The van der Waals surface area contributed by atoms with Gasteiger partial charge < -0.3 is 9.47 Å². The quantitative estimate of drug-likeness (QED) is 0.658. The van der Waals surface area contributed by atoms with Crippen LogP contribution in [-0.2, 0) is 14.3 Å². The van der Waals surface area contributed by atoms with E-state index in [1.54, 1.807) is 0 Å². The van der Waals surface area contributed by atoms with Crippen LogP contribution in [0, 0.1) is 17.3 Å². The molecule has 2 unspecified atom stereocenters. The van der Waals surface area contributed by atoms with E-state index < -0.39 is 0 Å². The standard InChI is InChI=1S/C13H26O3/c1-7-16-9-11(12(14)15-6)8-10(2)13(3,4)5/h10-11H,7-9H2,1-6H3. The van der Waals surface area contributed by atoms with Gasteiger partial charge in [-0.25, -0.2) is 0 Å². The van der Waals surface area contributed by atoms with Gasteiger partial charge in [0.05, 0.1) is 19.6 Å². The molecule has 0 saturated heterocycles. The van der Waals surface area contributed by atoms with Crippen molar-refractivity contribution in [3.05, 3.63) is 0 Å². The number of carbonyl (C=O) groups is 1. The predicted molar refractivity (Wildman–Crippen MR) is 65.2 cm³/mol. The fraction of sp³-hybridized carbons (Fsp3) is 0.923. The Kier molecular flexibility index (Phi) is 6.65. The van der Waals surface area contributed by atoms with E-state index in [1.807, 2.05) is 6.92 Å². The first kappa shape index (κ1) is 15.4. The van der Waals surface area contributed by atoms with Crippen molar-refractivity contribution in [3.8, 4) is 0 Å². The minimum Gasteiger partial charge on any atom is -0.469 e. The molecule has 0 radical (unpaired) electrons. The molecule has 96 valence electrons. The number of esters is 1. The van der Waals surface area contributed by atoms with E-state index in [9.17, 15) is 4.79 Å². The zero-order valence-electron chi connectivity index (χ0n) is 11.5. The second-order valence-corrected chi connectivity index (χ2v) is 5.38. The van der Waals surface area contributed by atoms with Crippen molar-refractivity contribution in [2.24, 2.45) is 17.3 Å². The van der Waals surface area contributed by atoms with Gasteiger partial charge in [0.15, 0.2) is 0 Å². The van der Waals surface area contributed by atoms with Crippen LogP contribution in [0.3, 0.4) is 0 Å². The van der Waals surface area contributed by atoms with Crippen molar-refractivity contribution in [1.82, 2.24) is 0 Å². The predicted octanol–water partition coefficient (Wildman–Crippen LogP) is 2.88. The molecular formula is C13H26O3. The summed E-state index contributed by atoms with van der Waals surface area (Å²) in [4.78, 5) is 11.6. The first-order valence-electron chi connectivity index (χ1n) is 5.98. The largest absolute Gasteiger partial charge is 0.469 e. The number of hydrogen-bond donors (Lipinski definition) is 0. The smallest absolute Gasteiger partial charge is 0.311 e. The summed E-state index contributed by atoms with van der Waals surface area (Å²) in [5.74, 6) is 0.154. The fourth-order valence-electron chi connectivity index (χ4n) is 1.44. The van der Waals surface area contributed by atoms with Gasteiger partial charge in [-0.3, -0.25) is 4.79 Å². The van der Waals surface area contributed by atoms with Crippen LogP contribution in [0.4, 0.5) is 0 Å². The van der Waals surface area contributed by atoms with Gasteiger partial charge in [0, 0.05) is 6.61 Å². The molecule has 3 heteroatoms. The van der Waals surface area contributed by atoms with Gasteiger partial charge in [-0.2, -0.15) is 0 Å². The van der Waals surface area contributed by atoms with Gasteiger partial charge in [0.25, 0.3) is 0 Å². The molecule has 0 saturated carbocycles. The molecule has 0 aliphatic carbocycles. The van der Waals surface area contributed by atoms with Crippen molar-refractivity contribution in [3.63, 3.8) is 0 Å². The normalized spacial score (nSPS) is 15.6. The summed E-state index contributed by atoms with van der Waals surface area (Å²) >= 11 is 0. The number of rotatable bonds is 6. The van der Waals surface area contributed by atoms with Crippen molar-refractivity contribution < 1.29 is 14.3 Å². The highest BCUT2D eigenvalue weighted by molar-refractivity contribution is 5.72. The third-order valence-electron chi connectivity index (χ3n) is 3.17. The van der Waals surface area contributed by atoms with Gasteiger partial charge in [-0.15, -0.1) is 0 Å². The van der Waals surface area contributed by atoms with Crippen LogP contribution in [0.15, 0.2) is 0 Å². The molecule has 0 bridgehead atoms. The molecule has 0 aromatic carbocycles. The molecule has 0 heterocycles. The van der Waals surface area contributed by atoms with Crippen LogP contribution in [0.25, 0.3) is 0 Å².